The number of Topliss-reactive ketones (excluding diaryl/α,β-unsaturated/α-hetero) is 1. The first-order valence-electron chi connectivity index (χ1n) is 17.6. The topological polar surface area (TPSA) is 131 Å². The van der Waals surface area contributed by atoms with Gasteiger partial charge in [0.1, 0.15) is 23.1 Å². The first kappa shape index (κ1) is 36.4. The number of aromatic amines is 1. The van der Waals surface area contributed by atoms with Gasteiger partial charge in [-0.05, 0) is 88.2 Å². The van der Waals surface area contributed by atoms with Crippen LogP contribution in [-0.4, -0.2) is 63.5 Å². The maximum Gasteiger partial charge on any atom is 0.408 e. The zero-order valence-corrected chi connectivity index (χ0v) is 29.7. The fourth-order valence-electron chi connectivity index (χ4n) is 7.33. The third kappa shape index (κ3) is 8.73. The molecule has 2 heterocycles. The Kier molecular flexibility index (Phi) is 11.8. The summed E-state index contributed by atoms with van der Waals surface area (Å²) in [7, 11) is 0. The molecule has 0 radical (unpaired) electrons. The number of amides is 2. The second-order valence-corrected chi connectivity index (χ2v) is 15.3. The van der Waals surface area contributed by atoms with Crippen molar-refractivity contribution in [2.24, 2.45) is 23.2 Å². The number of carbonyl (C=O) groups is 3. The van der Waals surface area contributed by atoms with Crippen molar-refractivity contribution in [3.05, 3.63) is 34.2 Å². The van der Waals surface area contributed by atoms with Crippen molar-refractivity contribution in [2.75, 3.05) is 13.2 Å². The number of unbranched alkanes of at least 4 members (excludes halogenated alkanes) is 2. The number of benzene rings is 1. The Balaban J connectivity index is 1.31. The molecule has 2 fully saturated rings. The third-order valence-electron chi connectivity index (χ3n) is 10.1. The number of hydrogen-bond acceptors (Lipinski definition) is 7. The van der Waals surface area contributed by atoms with Crippen molar-refractivity contribution in [2.45, 2.75) is 131 Å². The Hall–Kier alpha value is -3.43. The van der Waals surface area contributed by atoms with Crippen LogP contribution in [-0.2, 0) is 20.7 Å². The van der Waals surface area contributed by atoms with Gasteiger partial charge in [0.15, 0.2) is 5.78 Å². The van der Waals surface area contributed by atoms with E-state index in [0.29, 0.717) is 36.5 Å². The van der Waals surface area contributed by atoms with Crippen LogP contribution in [0, 0.1) is 23.2 Å². The largest absolute Gasteiger partial charge is 0.494 e. The molecule has 1 saturated heterocycles. The first-order valence-corrected chi connectivity index (χ1v) is 17.6. The zero-order chi connectivity index (χ0) is 34.5. The molecule has 1 aromatic carbocycles. The van der Waals surface area contributed by atoms with Gasteiger partial charge in [-0.2, -0.15) is 0 Å². The third-order valence-corrected chi connectivity index (χ3v) is 10.1. The number of fused-ring (bicyclic) bond motifs is 1. The summed E-state index contributed by atoms with van der Waals surface area (Å²) in [6, 6.07) is 4.25. The molecule has 4 rings (SSSR count). The summed E-state index contributed by atoms with van der Waals surface area (Å²) in [5.74, 6) is 0.675. The minimum absolute atomic E-state index is 0.0664. The van der Waals surface area contributed by atoms with Gasteiger partial charge in [0.25, 0.3) is 5.56 Å². The molecule has 1 aliphatic carbocycles. The minimum atomic E-state index is -0.815. The molecule has 5 unspecified atom stereocenters. The predicted octanol–water partition coefficient (Wildman–Crippen LogP) is 6.59. The standard InChI is InChI=1S/C37H56N4O6/c1-9-46-26-17-18-27-29(22-26)39-33(43)28(38-27)16-12-10-11-14-25-15-13-20-37(25,8)47-35(45)40-32(36(5,6)7)34(44)41-21-19-24(4)30(41)31(42)23(2)3/h17-18,22-25,30,32H,9-16,19-21H2,1-8H3,(H,39,43)(H,40,45). The van der Waals surface area contributed by atoms with Gasteiger partial charge >= 0.3 is 6.09 Å². The van der Waals surface area contributed by atoms with Gasteiger partial charge in [-0.3, -0.25) is 14.4 Å². The number of nitrogens with one attached hydrogen (secondary N) is 2. The number of ether oxygens (including phenoxy) is 2. The molecule has 2 N–H and O–H groups in total. The summed E-state index contributed by atoms with van der Waals surface area (Å²) in [4.78, 5) is 62.2. The Morgan fingerprint density at radius 2 is 1.89 bits per heavy atom. The number of rotatable bonds is 13. The van der Waals surface area contributed by atoms with E-state index in [1.165, 1.54) is 0 Å². The van der Waals surface area contributed by atoms with Crippen LogP contribution in [0.3, 0.4) is 0 Å². The zero-order valence-electron chi connectivity index (χ0n) is 29.7. The van der Waals surface area contributed by atoms with Crippen LogP contribution >= 0.6 is 0 Å². The summed E-state index contributed by atoms with van der Waals surface area (Å²) < 4.78 is 11.7. The summed E-state index contributed by atoms with van der Waals surface area (Å²) in [6.45, 7) is 16.5. The van der Waals surface area contributed by atoms with Crippen LogP contribution in [0.15, 0.2) is 23.0 Å². The SMILES string of the molecule is CCOc1ccc2nc(CCCCCC3CCCC3(C)OC(=O)NC(C(=O)N3CCC(C)C3C(=O)C(C)C)C(C)(C)C)c(=O)[nH]c2c1. The number of nitrogens with zero attached hydrogens (tertiary/aromatic N) is 2. The number of aromatic nitrogens is 2. The van der Waals surface area contributed by atoms with Gasteiger partial charge in [-0.1, -0.05) is 54.4 Å². The van der Waals surface area contributed by atoms with Crippen molar-refractivity contribution in [1.82, 2.24) is 20.2 Å². The molecule has 10 heteroatoms. The highest BCUT2D eigenvalue weighted by atomic mass is 16.6. The lowest BCUT2D eigenvalue weighted by atomic mass is 9.85. The van der Waals surface area contributed by atoms with Crippen LogP contribution in [0.1, 0.15) is 112 Å². The fraction of sp³-hybridized carbons (Fsp3) is 0.703. The van der Waals surface area contributed by atoms with E-state index in [1.54, 1.807) is 11.0 Å². The van der Waals surface area contributed by atoms with Gasteiger partial charge < -0.3 is 24.7 Å². The van der Waals surface area contributed by atoms with Crippen molar-refractivity contribution in [1.29, 1.82) is 0 Å². The quantitative estimate of drug-likeness (QED) is 0.234. The highest BCUT2D eigenvalue weighted by molar-refractivity contribution is 5.94. The molecule has 2 aromatic rings. The molecule has 1 saturated carbocycles. The fourth-order valence-corrected chi connectivity index (χ4v) is 7.33. The molecule has 0 spiro atoms. The lowest BCUT2D eigenvalue weighted by molar-refractivity contribution is -0.143. The van der Waals surface area contributed by atoms with Crippen molar-refractivity contribution >= 4 is 28.8 Å². The van der Waals surface area contributed by atoms with Crippen molar-refractivity contribution in [3.63, 3.8) is 0 Å². The second-order valence-electron chi connectivity index (χ2n) is 15.3. The number of likely N-dealkylation sites (tertiary alicyclic amines) is 1. The van der Waals surface area contributed by atoms with Crippen LogP contribution in [0.5, 0.6) is 5.75 Å². The Morgan fingerprint density at radius 1 is 1.15 bits per heavy atom. The number of carbonyl (C=O) groups excluding carboxylic acids is 3. The van der Waals surface area contributed by atoms with Gasteiger partial charge in [0.05, 0.1) is 23.7 Å². The normalized spacial score (nSPS) is 23.7. The van der Waals surface area contributed by atoms with E-state index in [-0.39, 0.29) is 35.0 Å². The highest BCUT2D eigenvalue weighted by Crippen LogP contribution is 2.42. The number of H-pyrrole nitrogens is 1. The molecule has 10 nitrogen and oxygen atoms in total. The first-order chi connectivity index (χ1) is 22.1. The average Bonchev–Trinajstić information content (AvgIpc) is 3.56. The summed E-state index contributed by atoms with van der Waals surface area (Å²) in [5, 5.41) is 2.92. The van der Waals surface area contributed by atoms with E-state index in [0.717, 1.165) is 56.9 Å². The molecule has 47 heavy (non-hydrogen) atoms. The highest BCUT2D eigenvalue weighted by Gasteiger charge is 2.46. The van der Waals surface area contributed by atoms with E-state index in [9.17, 15) is 19.2 Å². The molecular weight excluding hydrogens is 596 g/mol. The van der Waals surface area contributed by atoms with Crippen molar-refractivity contribution in [3.8, 4) is 5.75 Å². The van der Waals surface area contributed by atoms with E-state index in [2.05, 4.69) is 15.3 Å². The molecule has 5 atom stereocenters. The van der Waals surface area contributed by atoms with Crippen molar-refractivity contribution < 1.29 is 23.9 Å². The number of hydrogen-bond donors (Lipinski definition) is 2. The van der Waals surface area contributed by atoms with Gasteiger partial charge in [0, 0.05) is 18.5 Å². The maximum atomic E-state index is 13.9. The lowest BCUT2D eigenvalue weighted by Crippen LogP contribution is -2.58. The number of alkyl carbamates (subject to hydrolysis) is 1. The Bertz CT molecular complexity index is 1480. The van der Waals surface area contributed by atoms with Gasteiger partial charge in [-0.15, -0.1) is 0 Å². The summed E-state index contributed by atoms with van der Waals surface area (Å²) >= 11 is 0. The molecule has 1 aliphatic heterocycles. The van der Waals surface area contributed by atoms with Gasteiger partial charge in [-0.25, -0.2) is 9.78 Å². The van der Waals surface area contributed by atoms with E-state index < -0.39 is 29.2 Å². The molecule has 260 valence electrons. The van der Waals surface area contributed by atoms with E-state index in [1.807, 2.05) is 67.5 Å². The molecular formula is C37H56N4O6. The molecule has 2 aliphatic rings. The summed E-state index contributed by atoms with van der Waals surface area (Å²) in [5.41, 5.74) is 0.599. The monoisotopic (exact) mass is 652 g/mol. The van der Waals surface area contributed by atoms with Crippen LogP contribution in [0.2, 0.25) is 0 Å². The summed E-state index contributed by atoms with van der Waals surface area (Å²) in [6.07, 6.45) is 7.15. The smallest absolute Gasteiger partial charge is 0.408 e. The molecule has 1 aromatic heterocycles. The Labute approximate surface area is 279 Å². The number of ketones is 1. The van der Waals surface area contributed by atoms with Crippen LogP contribution in [0.25, 0.3) is 11.0 Å². The number of aryl methyl sites for hydroxylation is 1. The van der Waals surface area contributed by atoms with E-state index >= 15 is 0 Å². The minimum Gasteiger partial charge on any atom is -0.494 e. The van der Waals surface area contributed by atoms with Crippen LogP contribution in [0.4, 0.5) is 4.79 Å². The van der Waals surface area contributed by atoms with Gasteiger partial charge in [0.2, 0.25) is 5.91 Å². The maximum absolute atomic E-state index is 13.9. The lowest BCUT2D eigenvalue weighted by Gasteiger charge is -2.37. The van der Waals surface area contributed by atoms with E-state index in [4.69, 9.17) is 9.47 Å². The van der Waals surface area contributed by atoms with Crippen LogP contribution < -0.4 is 15.6 Å². The molecule has 0 bridgehead atoms. The molecule has 2 amide bonds. The Morgan fingerprint density at radius 3 is 2.57 bits per heavy atom. The second kappa shape index (κ2) is 15.2. The predicted molar refractivity (Wildman–Crippen MR) is 183 cm³/mol. The average molecular weight is 653 g/mol.